The van der Waals surface area contributed by atoms with Crippen LogP contribution >= 0.6 is 0 Å². The van der Waals surface area contributed by atoms with Gasteiger partial charge in [-0.3, -0.25) is 9.59 Å². The molecule has 0 aromatic carbocycles. The molecule has 1 aliphatic carbocycles. The second kappa shape index (κ2) is 3.90. The molecular weight excluding hydrogens is 210 g/mol. The summed E-state index contributed by atoms with van der Waals surface area (Å²) in [6, 6.07) is 0. The Morgan fingerprint density at radius 2 is 2.00 bits per heavy atom. The van der Waals surface area contributed by atoms with Crippen molar-refractivity contribution in [1.29, 1.82) is 0 Å². The molecule has 1 heterocycles. The molecule has 88 valence electrons. The number of nitrogens with zero attached hydrogens (tertiary/aromatic N) is 1. The van der Waals surface area contributed by atoms with Crippen LogP contribution in [0.2, 0.25) is 0 Å². The molecule has 0 bridgehead atoms. The predicted octanol–water partition coefficient (Wildman–Crippen LogP) is 0.266. The van der Waals surface area contributed by atoms with Gasteiger partial charge in [0.1, 0.15) is 0 Å². The highest BCUT2D eigenvalue weighted by molar-refractivity contribution is 6.06. The number of carboxylic acids is 1. The molecule has 1 aliphatic heterocycles. The van der Waals surface area contributed by atoms with Gasteiger partial charge in [0, 0.05) is 13.1 Å². The van der Waals surface area contributed by atoms with Gasteiger partial charge in [0.05, 0.1) is 13.2 Å². The number of amides is 1. The fraction of sp³-hybridized carbons (Fsp3) is 0.636. The zero-order valence-electron chi connectivity index (χ0n) is 9.07. The molecule has 0 aromatic heterocycles. The third-order valence-electron chi connectivity index (χ3n) is 3.43. The van der Waals surface area contributed by atoms with E-state index in [1.165, 1.54) is 0 Å². The first-order valence-corrected chi connectivity index (χ1v) is 5.38. The summed E-state index contributed by atoms with van der Waals surface area (Å²) in [5.74, 6) is -1.39. The maximum Gasteiger partial charge on any atom is 0.323 e. The topological polar surface area (TPSA) is 66.8 Å². The standard InChI is InChI=1S/C11H15NO4/c1-8-2-3-11(8,10(14)15)9(13)12-4-6-16-7-5-12/h1-7H2,(H,14,15). The van der Waals surface area contributed by atoms with Crippen molar-refractivity contribution in [1.82, 2.24) is 4.90 Å². The van der Waals surface area contributed by atoms with Crippen LogP contribution in [0, 0.1) is 5.41 Å². The first-order valence-electron chi connectivity index (χ1n) is 5.38. The number of hydrogen-bond acceptors (Lipinski definition) is 3. The van der Waals surface area contributed by atoms with Gasteiger partial charge in [-0.2, -0.15) is 0 Å². The fourth-order valence-corrected chi connectivity index (χ4v) is 2.20. The van der Waals surface area contributed by atoms with Crippen molar-refractivity contribution in [2.75, 3.05) is 26.3 Å². The molecule has 2 aliphatic rings. The molecule has 1 atom stereocenters. The largest absolute Gasteiger partial charge is 0.480 e. The molecule has 0 aromatic rings. The molecule has 2 fully saturated rings. The van der Waals surface area contributed by atoms with E-state index >= 15 is 0 Å². The normalized spacial score (nSPS) is 29.8. The molecule has 1 N–H and O–H groups in total. The van der Waals surface area contributed by atoms with E-state index in [9.17, 15) is 14.7 Å². The summed E-state index contributed by atoms with van der Waals surface area (Å²) in [5.41, 5.74) is -0.825. The number of aliphatic carboxylic acids is 1. The van der Waals surface area contributed by atoms with Gasteiger partial charge in [-0.05, 0) is 12.8 Å². The van der Waals surface area contributed by atoms with Crippen molar-refractivity contribution in [2.24, 2.45) is 5.41 Å². The van der Waals surface area contributed by atoms with Gasteiger partial charge in [0.15, 0.2) is 5.41 Å². The summed E-state index contributed by atoms with van der Waals surface area (Å²) in [6.07, 6.45) is 1.000. The minimum atomic E-state index is -1.35. The summed E-state index contributed by atoms with van der Waals surface area (Å²) < 4.78 is 5.14. The maximum atomic E-state index is 12.2. The summed E-state index contributed by atoms with van der Waals surface area (Å²) in [6.45, 7) is 5.60. The Kier molecular flexibility index (Phi) is 2.71. The lowest BCUT2D eigenvalue weighted by atomic mass is 9.64. The summed E-state index contributed by atoms with van der Waals surface area (Å²) in [4.78, 5) is 25.0. The van der Waals surface area contributed by atoms with Gasteiger partial charge in [-0.15, -0.1) is 0 Å². The van der Waals surface area contributed by atoms with E-state index < -0.39 is 11.4 Å². The van der Waals surface area contributed by atoms with Crippen LogP contribution < -0.4 is 0 Å². The predicted molar refractivity (Wildman–Crippen MR) is 55.8 cm³/mol. The van der Waals surface area contributed by atoms with Crippen LogP contribution in [0.1, 0.15) is 12.8 Å². The lowest BCUT2D eigenvalue weighted by Gasteiger charge is -2.42. The molecule has 0 spiro atoms. The third kappa shape index (κ3) is 1.43. The molecule has 1 saturated heterocycles. The van der Waals surface area contributed by atoms with Gasteiger partial charge < -0.3 is 14.7 Å². The van der Waals surface area contributed by atoms with E-state index in [0.29, 0.717) is 44.7 Å². The van der Waals surface area contributed by atoms with Crippen molar-refractivity contribution in [3.05, 3.63) is 12.2 Å². The second-order valence-electron chi connectivity index (χ2n) is 4.22. The van der Waals surface area contributed by atoms with Crippen molar-refractivity contribution in [2.45, 2.75) is 12.8 Å². The van der Waals surface area contributed by atoms with Crippen molar-refractivity contribution in [3.63, 3.8) is 0 Å². The smallest absolute Gasteiger partial charge is 0.323 e. The molecular formula is C11H15NO4. The molecule has 1 amide bonds. The molecule has 1 unspecified atom stereocenters. The van der Waals surface area contributed by atoms with E-state index in [0.717, 1.165) is 0 Å². The Labute approximate surface area is 93.7 Å². The van der Waals surface area contributed by atoms with E-state index in [2.05, 4.69) is 6.58 Å². The molecule has 5 heteroatoms. The Bertz CT molecular complexity index is 336. The number of carbonyl (C=O) groups is 2. The zero-order chi connectivity index (χ0) is 11.8. The quantitative estimate of drug-likeness (QED) is 0.541. The van der Waals surface area contributed by atoms with Gasteiger partial charge in [0.25, 0.3) is 0 Å². The highest BCUT2D eigenvalue weighted by atomic mass is 16.5. The minimum Gasteiger partial charge on any atom is -0.480 e. The summed E-state index contributed by atoms with van der Waals surface area (Å²) >= 11 is 0. The van der Waals surface area contributed by atoms with Crippen molar-refractivity contribution < 1.29 is 19.4 Å². The van der Waals surface area contributed by atoms with Crippen LogP contribution in [-0.2, 0) is 14.3 Å². The Morgan fingerprint density at radius 1 is 1.38 bits per heavy atom. The third-order valence-corrected chi connectivity index (χ3v) is 3.43. The number of morpholine rings is 1. The van der Waals surface area contributed by atoms with E-state index in [1.54, 1.807) is 4.90 Å². The fourth-order valence-electron chi connectivity index (χ4n) is 2.20. The van der Waals surface area contributed by atoms with E-state index in [4.69, 9.17) is 4.74 Å². The maximum absolute atomic E-state index is 12.2. The number of ether oxygens (including phenoxy) is 1. The first-order chi connectivity index (χ1) is 7.59. The van der Waals surface area contributed by atoms with Crippen LogP contribution in [0.15, 0.2) is 12.2 Å². The van der Waals surface area contributed by atoms with Gasteiger partial charge in [-0.1, -0.05) is 12.2 Å². The molecule has 2 rings (SSSR count). The van der Waals surface area contributed by atoms with Crippen LogP contribution in [-0.4, -0.2) is 48.2 Å². The van der Waals surface area contributed by atoms with Crippen LogP contribution in [0.5, 0.6) is 0 Å². The lowest BCUT2D eigenvalue weighted by Crippen LogP contribution is -2.56. The summed E-state index contributed by atoms with van der Waals surface area (Å²) in [5, 5.41) is 9.22. The van der Waals surface area contributed by atoms with Gasteiger partial charge in [-0.25, -0.2) is 0 Å². The molecule has 5 nitrogen and oxygen atoms in total. The van der Waals surface area contributed by atoms with Crippen LogP contribution in [0.4, 0.5) is 0 Å². The minimum absolute atomic E-state index is 0.320. The Balaban J connectivity index is 2.18. The van der Waals surface area contributed by atoms with Gasteiger partial charge in [0.2, 0.25) is 5.91 Å². The highest BCUT2D eigenvalue weighted by Crippen LogP contribution is 2.47. The molecule has 16 heavy (non-hydrogen) atoms. The van der Waals surface area contributed by atoms with Crippen molar-refractivity contribution in [3.8, 4) is 0 Å². The average molecular weight is 225 g/mol. The van der Waals surface area contributed by atoms with Crippen molar-refractivity contribution >= 4 is 11.9 Å². The Hall–Kier alpha value is -1.36. The average Bonchev–Trinajstić information content (AvgIpc) is 2.28. The number of carboxylic acid groups (broad SMARTS) is 1. The van der Waals surface area contributed by atoms with Gasteiger partial charge >= 0.3 is 5.97 Å². The van der Waals surface area contributed by atoms with Crippen LogP contribution in [0.3, 0.4) is 0 Å². The van der Waals surface area contributed by atoms with E-state index in [-0.39, 0.29) is 5.91 Å². The summed E-state index contributed by atoms with van der Waals surface area (Å²) in [7, 11) is 0. The number of rotatable bonds is 2. The monoisotopic (exact) mass is 225 g/mol. The van der Waals surface area contributed by atoms with Crippen LogP contribution in [0.25, 0.3) is 0 Å². The highest BCUT2D eigenvalue weighted by Gasteiger charge is 2.55. The second-order valence-corrected chi connectivity index (χ2v) is 4.22. The first kappa shape index (κ1) is 11.1. The van der Waals surface area contributed by atoms with E-state index in [1.807, 2.05) is 0 Å². The molecule has 1 saturated carbocycles. The molecule has 0 radical (unpaired) electrons. The SMILES string of the molecule is C=C1CCC1(C(=O)O)C(=O)N1CCOCC1. The Morgan fingerprint density at radius 3 is 2.38 bits per heavy atom. The number of hydrogen-bond donors (Lipinski definition) is 1. The zero-order valence-corrected chi connectivity index (χ0v) is 9.07. The number of carbonyl (C=O) groups excluding carboxylic acids is 1. The lowest BCUT2D eigenvalue weighted by molar-refractivity contribution is -0.163.